The predicted molar refractivity (Wildman–Crippen MR) is 101 cm³/mol. The number of carbonyl (C=O) groups excluding carboxylic acids is 1. The molecule has 0 aliphatic carbocycles. The molecular weight excluding hydrogens is 344 g/mol. The Morgan fingerprint density at radius 1 is 1.07 bits per heavy atom. The molecule has 1 aromatic heterocycles. The van der Waals surface area contributed by atoms with Crippen LogP contribution in [0.1, 0.15) is 34.5 Å². The quantitative estimate of drug-likeness (QED) is 0.898. The molecule has 0 bridgehead atoms. The Morgan fingerprint density at radius 3 is 2.48 bits per heavy atom. The molecular formula is C20H24N4O3. The predicted octanol–water partition coefficient (Wildman–Crippen LogP) is 2.82. The summed E-state index contributed by atoms with van der Waals surface area (Å²) in [5.74, 6) is 0.0290. The SMILES string of the molecule is Cc1ccc(C)c(Nc2ccc(C(=O)N3CCC4(CC3)OCCO4)nn2)c1. The fraction of sp³-hybridized carbons (Fsp3) is 0.450. The maximum Gasteiger partial charge on any atom is 0.274 e. The Kier molecular flexibility index (Phi) is 4.80. The van der Waals surface area contributed by atoms with E-state index in [4.69, 9.17) is 9.47 Å². The largest absolute Gasteiger partial charge is 0.347 e. The number of amides is 1. The van der Waals surface area contributed by atoms with Gasteiger partial charge < -0.3 is 19.7 Å². The summed E-state index contributed by atoms with van der Waals surface area (Å²) < 4.78 is 11.4. The van der Waals surface area contributed by atoms with Crippen molar-refractivity contribution in [3.8, 4) is 0 Å². The Bertz CT molecular complexity index is 822. The van der Waals surface area contributed by atoms with Crippen LogP contribution in [0.5, 0.6) is 0 Å². The van der Waals surface area contributed by atoms with Gasteiger partial charge in [-0.25, -0.2) is 0 Å². The third-order valence-corrected chi connectivity index (χ3v) is 5.17. The molecule has 2 aliphatic heterocycles. The molecule has 1 spiro atoms. The summed E-state index contributed by atoms with van der Waals surface area (Å²) in [5, 5.41) is 11.6. The lowest BCUT2D eigenvalue weighted by Crippen LogP contribution is -2.47. The standard InChI is InChI=1S/C20H24N4O3/c1-14-3-4-15(2)17(13-14)21-18-6-5-16(22-23-18)19(25)24-9-7-20(8-10-24)26-11-12-27-20/h3-6,13H,7-12H2,1-2H3,(H,21,23). The normalized spacial score (nSPS) is 18.7. The van der Waals surface area contributed by atoms with Crippen molar-refractivity contribution < 1.29 is 14.3 Å². The van der Waals surface area contributed by atoms with Crippen LogP contribution in [-0.2, 0) is 9.47 Å². The molecule has 1 amide bonds. The lowest BCUT2D eigenvalue weighted by Gasteiger charge is -2.37. The number of hydrogen-bond acceptors (Lipinski definition) is 6. The Balaban J connectivity index is 1.40. The molecule has 0 unspecified atom stereocenters. The number of hydrogen-bond donors (Lipinski definition) is 1. The summed E-state index contributed by atoms with van der Waals surface area (Å²) in [4.78, 5) is 14.5. The zero-order chi connectivity index (χ0) is 18.9. The average Bonchev–Trinajstić information content (AvgIpc) is 3.13. The second-order valence-corrected chi connectivity index (χ2v) is 7.15. The molecule has 2 aromatic rings. The molecule has 2 fully saturated rings. The first kappa shape index (κ1) is 17.9. The van der Waals surface area contributed by atoms with Gasteiger partial charge in [-0.3, -0.25) is 4.79 Å². The number of nitrogens with one attached hydrogen (secondary N) is 1. The molecule has 7 nitrogen and oxygen atoms in total. The molecule has 0 radical (unpaired) electrons. The highest BCUT2D eigenvalue weighted by Gasteiger charge is 2.41. The fourth-order valence-corrected chi connectivity index (χ4v) is 3.52. The molecule has 3 heterocycles. The molecule has 7 heteroatoms. The van der Waals surface area contributed by atoms with E-state index in [2.05, 4.69) is 33.7 Å². The summed E-state index contributed by atoms with van der Waals surface area (Å²) in [6.45, 7) is 6.55. The summed E-state index contributed by atoms with van der Waals surface area (Å²) in [6.07, 6.45) is 1.39. The lowest BCUT2D eigenvalue weighted by atomic mass is 10.0. The van der Waals surface area contributed by atoms with Crippen molar-refractivity contribution in [1.29, 1.82) is 0 Å². The van der Waals surface area contributed by atoms with Crippen molar-refractivity contribution in [1.82, 2.24) is 15.1 Å². The van der Waals surface area contributed by atoms with Crippen molar-refractivity contribution in [3.05, 3.63) is 47.2 Å². The van der Waals surface area contributed by atoms with Crippen LogP contribution in [0.2, 0.25) is 0 Å². The molecule has 142 valence electrons. The maximum absolute atomic E-state index is 12.7. The van der Waals surface area contributed by atoms with Gasteiger partial charge in [-0.05, 0) is 43.2 Å². The highest BCUT2D eigenvalue weighted by atomic mass is 16.7. The number of carbonyl (C=O) groups is 1. The van der Waals surface area contributed by atoms with Gasteiger partial charge in [0.15, 0.2) is 17.3 Å². The average molecular weight is 368 g/mol. The number of nitrogens with zero attached hydrogens (tertiary/aromatic N) is 3. The lowest BCUT2D eigenvalue weighted by molar-refractivity contribution is -0.181. The van der Waals surface area contributed by atoms with Gasteiger partial charge in [0, 0.05) is 31.6 Å². The smallest absolute Gasteiger partial charge is 0.274 e. The summed E-state index contributed by atoms with van der Waals surface area (Å²) in [6, 6.07) is 9.70. The van der Waals surface area contributed by atoms with Crippen molar-refractivity contribution in [2.75, 3.05) is 31.6 Å². The number of benzene rings is 1. The van der Waals surface area contributed by atoms with Crippen LogP contribution >= 0.6 is 0 Å². The fourth-order valence-electron chi connectivity index (χ4n) is 3.52. The van der Waals surface area contributed by atoms with E-state index >= 15 is 0 Å². The second kappa shape index (κ2) is 7.25. The number of aryl methyl sites for hydroxylation is 2. The molecule has 0 atom stereocenters. The maximum atomic E-state index is 12.7. The van der Waals surface area contributed by atoms with Crippen LogP contribution < -0.4 is 5.32 Å². The van der Waals surface area contributed by atoms with Gasteiger partial charge in [-0.2, -0.15) is 0 Å². The first-order chi connectivity index (χ1) is 13.0. The van der Waals surface area contributed by atoms with E-state index in [0.29, 0.717) is 50.7 Å². The number of likely N-dealkylation sites (tertiary alicyclic amines) is 1. The van der Waals surface area contributed by atoms with E-state index in [1.807, 2.05) is 13.8 Å². The molecule has 0 saturated carbocycles. The van der Waals surface area contributed by atoms with Gasteiger partial charge >= 0.3 is 0 Å². The minimum Gasteiger partial charge on any atom is -0.347 e. The van der Waals surface area contributed by atoms with Gasteiger partial charge in [-0.15, -0.1) is 10.2 Å². The number of rotatable bonds is 3. The number of aromatic nitrogens is 2. The van der Waals surface area contributed by atoms with E-state index in [0.717, 1.165) is 11.3 Å². The van der Waals surface area contributed by atoms with Gasteiger partial charge in [-0.1, -0.05) is 12.1 Å². The minimum absolute atomic E-state index is 0.103. The summed E-state index contributed by atoms with van der Waals surface area (Å²) >= 11 is 0. The van der Waals surface area contributed by atoms with Crippen LogP contribution in [-0.4, -0.2) is 53.1 Å². The van der Waals surface area contributed by atoms with Crippen molar-refractivity contribution >= 4 is 17.4 Å². The third kappa shape index (κ3) is 3.79. The summed E-state index contributed by atoms with van der Waals surface area (Å²) in [7, 11) is 0. The van der Waals surface area contributed by atoms with Gasteiger partial charge in [0.2, 0.25) is 0 Å². The minimum atomic E-state index is -0.484. The molecule has 4 rings (SSSR count). The van der Waals surface area contributed by atoms with Crippen LogP contribution in [0, 0.1) is 13.8 Å². The van der Waals surface area contributed by atoms with Crippen molar-refractivity contribution in [2.45, 2.75) is 32.5 Å². The number of piperidine rings is 1. The Hall–Kier alpha value is -2.51. The van der Waals surface area contributed by atoms with Crippen molar-refractivity contribution in [2.24, 2.45) is 0 Å². The summed E-state index contributed by atoms with van der Waals surface area (Å²) in [5.41, 5.74) is 3.63. The number of ether oxygens (including phenoxy) is 2. The van der Waals surface area contributed by atoms with Crippen molar-refractivity contribution in [3.63, 3.8) is 0 Å². The molecule has 2 saturated heterocycles. The number of anilines is 2. The van der Waals surface area contributed by atoms with Crippen LogP contribution in [0.15, 0.2) is 30.3 Å². The zero-order valence-electron chi connectivity index (χ0n) is 15.7. The third-order valence-electron chi connectivity index (χ3n) is 5.17. The van der Waals surface area contributed by atoms with E-state index in [1.54, 1.807) is 17.0 Å². The Labute approximate surface area is 158 Å². The van der Waals surface area contributed by atoms with E-state index in [9.17, 15) is 4.79 Å². The highest BCUT2D eigenvalue weighted by molar-refractivity contribution is 5.92. The van der Waals surface area contributed by atoms with Crippen LogP contribution in [0.4, 0.5) is 11.5 Å². The molecule has 27 heavy (non-hydrogen) atoms. The monoisotopic (exact) mass is 368 g/mol. The second-order valence-electron chi connectivity index (χ2n) is 7.15. The Morgan fingerprint density at radius 2 is 1.81 bits per heavy atom. The van der Waals surface area contributed by atoms with Gasteiger partial charge in [0.25, 0.3) is 5.91 Å². The first-order valence-electron chi connectivity index (χ1n) is 9.30. The molecule has 2 aliphatic rings. The van der Waals surface area contributed by atoms with Crippen LogP contribution in [0.25, 0.3) is 0 Å². The highest BCUT2D eigenvalue weighted by Crippen LogP contribution is 2.31. The molecule has 1 aromatic carbocycles. The molecule has 1 N–H and O–H groups in total. The topological polar surface area (TPSA) is 76.6 Å². The van der Waals surface area contributed by atoms with E-state index < -0.39 is 5.79 Å². The van der Waals surface area contributed by atoms with Crippen LogP contribution in [0.3, 0.4) is 0 Å². The van der Waals surface area contributed by atoms with E-state index in [1.165, 1.54) is 5.56 Å². The van der Waals surface area contributed by atoms with E-state index in [-0.39, 0.29) is 5.91 Å². The van der Waals surface area contributed by atoms with Gasteiger partial charge in [0.1, 0.15) is 0 Å². The van der Waals surface area contributed by atoms with Gasteiger partial charge in [0.05, 0.1) is 13.2 Å². The first-order valence-corrected chi connectivity index (χ1v) is 9.30. The zero-order valence-corrected chi connectivity index (χ0v) is 15.7.